The van der Waals surface area contributed by atoms with E-state index in [1.807, 2.05) is 10.9 Å². The Morgan fingerprint density at radius 3 is 2.52 bits per heavy atom. The summed E-state index contributed by atoms with van der Waals surface area (Å²) >= 11 is 0. The van der Waals surface area contributed by atoms with Crippen molar-refractivity contribution in [2.45, 2.75) is 51.1 Å². The third-order valence-electron chi connectivity index (χ3n) is 5.71. The minimum atomic E-state index is -0.164. The van der Waals surface area contributed by atoms with Gasteiger partial charge in [-0.05, 0) is 25.8 Å². The van der Waals surface area contributed by atoms with Crippen LogP contribution >= 0.6 is 24.8 Å². The number of likely N-dealkylation sites (N-methyl/N-ethyl adjacent to an activating group) is 1. The van der Waals surface area contributed by atoms with Crippen molar-refractivity contribution in [1.82, 2.24) is 30.5 Å². The highest BCUT2D eigenvalue weighted by Crippen LogP contribution is 2.23. The van der Waals surface area contributed by atoms with Crippen molar-refractivity contribution in [3.63, 3.8) is 0 Å². The molecule has 0 aliphatic carbocycles. The van der Waals surface area contributed by atoms with Gasteiger partial charge in [-0.2, -0.15) is 0 Å². The lowest BCUT2D eigenvalue weighted by molar-refractivity contribution is -0.122. The van der Waals surface area contributed by atoms with E-state index in [1.54, 1.807) is 7.05 Å². The second kappa shape index (κ2) is 11.2. The van der Waals surface area contributed by atoms with Gasteiger partial charge < -0.3 is 15.4 Å². The fourth-order valence-corrected chi connectivity index (χ4v) is 4.33. The molecule has 2 aliphatic rings. The van der Waals surface area contributed by atoms with Gasteiger partial charge in [-0.3, -0.25) is 9.69 Å². The fraction of sp³-hybridized carbons (Fsp3) is 0.571. The molecule has 4 atom stereocenters. The third-order valence-corrected chi connectivity index (χ3v) is 5.71. The molecule has 2 saturated heterocycles. The first-order valence-corrected chi connectivity index (χ1v) is 10.4. The Balaban J connectivity index is 0.00000171. The first kappa shape index (κ1) is 25.5. The molecule has 1 amide bonds. The van der Waals surface area contributed by atoms with Crippen LogP contribution < -0.4 is 10.6 Å². The number of aromatic nitrogens is 3. The van der Waals surface area contributed by atoms with E-state index < -0.39 is 0 Å². The van der Waals surface area contributed by atoms with Crippen LogP contribution in [0.2, 0.25) is 0 Å². The molecule has 4 rings (SSSR count). The predicted molar refractivity (Wildman–Crippen MR) is 125 cm³/mol. The van der Waals surface area contributed by atoms with Crippen molar-refractivity contribution in [2.24, 2.45) is 0 Å². The molecule has 1 aromatic heterocycles. The normalized spacial score (nSPS) is 26.0. The molecule has 2 aromatic rings. The molecule has 0 bridgehead atoms. The number of hydrogen-bond donors (Lipinski definition) is 2. The second-order valence-electron chi connectivity index (χ2n) is 8.20. The summed E-state index contributed by atoms with van der Waals surface area (Å²) < 4.78 is 7.69. The van der Waals surface area contributed by atoms with Crippen molar-refractivity contribution in [1.29, 1.82) is 0 Å². The summed E-state index contributed by atoms with van der Waals surface area (Å²) in [6, 6.07) is 8.52. The van der Waals surface area contributed by atoms with Crippen molar-refractivity contribution in [3.8, 4) is 11.3 Å². The van der Waals surface area contributed by atoms with Crippen molar-refractivity contribution in [2.75, 3.05) is 26.7 Å². The Hall–Kier alpha value is -1.71. The number of nitrogens with zero attached hydrogens (tertiary/aromatic N) is 4. The Kier molecular flexibility index (Phi) is 9.27. The molecular weight excluding hydrogens is 439 g/mol. The first-order chi connectivity index (χ1) is 14.0. The zero-order valence-corrected chi connectivity index (χ0v) is 19.8. The van der Waals surface area contributed by atoms with Crippen molar-refractivity contribution >= 4 is 30.7 Å². The molecule has 2 fully saturated rings. The Bertz CT molecular complexity index is 837. The summed E-state index contributed by atoms with van der Waals surface area (Å²) in [6.45, 7) is 7.84. The average molecular weight is 471 g/mol. The standard InChI is InChI=1S/C21H30N6O2.2ClH/c1-14-10-26(11-15(2)29-14)12-16-4-6-17(7-5-16)20-13-27(25-24-20)18-8-19(23-9-18)21(28)22-3;;/h4-7,13-15,18-19,23H,8-12H2,1-3H3,(H,22,28);2*1H/t14-,15+,18-,19+;;/m1../s1. The minimum Gasteiger partial charge on any atom is -0.373 e. The van der Waals surface area contributed by atoms with Crippen LogP contribution in [0.1, 0.15) is 31.9 Å². The van der Waals surface area contributed by atoms with E-state index in [0.717, 1.165) is 43.9 Å². The van der Waals surface area contributed by atoms with Gasteiger partial charge in [-0.15, -0.1) is 29.9 Å². The van der Waals surface area contributed by atoms with Gasteiger partial charge in [0.1, 0.15) is 5.69 Å². The van der Waals surface area contributed by atoms with Crippen LogP contribution in [0, 0.1) is 0 Å². The summed E-state index contributed by atoms with van der Waals surface area (Å²) in [7, 11) is 1.66. The van der Waals surface area contributed by atoms with Gasteiger partial charge in [-0.25, -0.2) is 4.68 Å². The topological polar surface area (TPSA) is 84.3 Å². The maximum absolute atomic E-state index is 11.8. The van der Waals surface area contributed by atoms with Crippen LogP contribution in [-0.4, -0.2) is 70.7 Å². The van der Waals surface area contributed by atoms with E-state index in [1.165, 1.54) is 5.56 Å². The van der Waals surface area contributed by atoms with Gasteiger partial charge in [0.2, 0.25) is 5.91 Å². The summed E-state index contributed by atoms with van der Waals surface area (Å²) in [5.41, 5.74) is 3.20. The second-order valence-corrected chi connectivity index (χ2v) is 8.20. The average Bonchev–Trinajstić information content (AvgIpc) is 3.37. The highest BCUT2D eigenvalue weighted by molar-refractivity contribution is 5.85. The number of halogens is 2. The molecule has 0 radical (unpaired) electrons. The molecule has 172 valence electrons. The minimum absolute atomic E-state index is 0. The number of hydrogen-bond acceptors (Lipinski definition) is 6. The lowest BCUT2D eigenvalue weighted by Gasteiger charge is -2.35. The lowest BCUT2D eigenvalue weighted by atomic mass is 10.1. The highest BCUT2D eigenvalue weighted by Gasteiger charge is 2.30. The van der Waals surface area contributed by atoms with E-state index >= 15 is 0 Å². The van der Waals surface area contributed by atoms with Crippen molar-refractivity contribution in [3.05, 3.63) is 36.0 Å². The Morgan fingerprint density at radius 1 is 1.19 bits per heavy atom. The molecule has 0 spiro atoms. The number of carbonyl (C=O) groups excluding carboxylic acids is 1. The van der Waals surface area contributed by atoms with Crippen LogP contribution in [-0.2, 0) is 16.1 Å². The fourth-order valence-electron chi connectivity index (χ4n) is 4.33. The van der Waals surface area contributed by atoms with E-state index in [9.17, 15) is 4.79 Å². The molecule has 2 aliphatic heterocycles. The van der Waals surface area contributed by atoms with Gasteiger partial charge in [0.15, 0.2) is 0 Å². The molecular formula is C21H32Cl2N6O2. The molecule has 3 heterocycles. The van der Waals surface area contributed by atoms with E-state index in [-0.39, 0.29) is 55.0 Å². The molecule has 10 heteroatoms. The van der Waals surface area contributed by atoms with Gasteiger partial charge in [0, 0.05) is 38.8 Å². The summed E-state index contributed by atoms with van der Waals surface area (Å²) in [5.74, 6) is 0.0208. The first-order valence-electron chi connectivity index (χ1n) is 10.4. The van der Waals surface area contributed by atoms with E-state index in [0.29, 0.717) is 0 Å². The number of carbonyl (C=O) groups is 1. The molecule has 1 aromatic carbocycles. The number of benzene rings is 1. The van der Waals surface area contributed by atoms with Crippen LogP contribution in [0.15, 0.2) is 30.5 Å². The Morgan fingerprint density at radius 2 is 1.87 bits per heavy atom. The number of ether oxygens (including phenoxy) is 1. The third kappa shape index (κ3) is 6.17. The quantitative estimate of drug-likeness (QED) is 0.695. The van der Waals surface area contributed by atoms with Crippen molar-refractivity contribution < 1.29 is 9.53 Å². The molecule has 8 nitrogen and oxygen atoms in total. The summed E-state index contributed by atoms with van der Waals surface area (Å²) in [5, 5.41) is 14.6. The van der Waals surface area contributed by atoms with Gasteiger partial charge in [0.05, 0.1) is 30.5 Å². The monoisotopic (exact) mass is 470 g/mol. The number of morpholine rings is 1. The molecule has 0 saturated carbocycles. The smallest absolute Gasteiger partial charge is 0.236 e. The zero-order valence-electron chi connectivity index (χ0n) is 18.2. The summed E-state index contributed by atoms with van der Waals surface area (Å²) in [4.78, 5) is 14.2. The number of rotatable bonds is 5. The van der Waals surface area contributed by atoms with Crippen LogP contribution in [0.25, 0.3) is 11.3 Å². The van der Waals surface area contributed by atoms with E-state index in [2.05, 4.69) is 64.0 Å². The van der Waals surface area contributed by atoms with E-state index in [4.69, 9.17) is 4.74 Å². The molecule has 2 N–H and O–H groups in total. The van der Waals surface area contributed by atoms with Crippen LogP contribution in [0.4, 0.5) is 0 Å². The largest absolute Gasteiger partial charge is 0.373 e. The molecule has 0 unspecified atom stereocenters. The maximum atomic E-state index is 11.8. The zero-order chi connectivity index (χ0) is 20.4. The highest BCUT2D eigenvalue weighted by atomic mass is 35.5. The van der Waals surface area contributed by atoms with Gasteiger partial charge in [0.25, 0.3) is 0 Å². The summed E-state index contributed by atoms with van der Waals surface area (Å²) in [6.07, 6.45) is 3.25. The van der Waals surface area contributed by atoms with Crippen LogP contribution in [0.5, 0.6) is 0 Å². The lowest BCUT2D eigenvalue weighted by Crippen LogP contribution is -2.44. The SMILES string of the molecule is CNC(=O)[C@@H]1C[C@@H](n2cc(-c3ccc(CN4C[C@@H](C)O[C@@H](C)C4)cc3)nn2)CN1.Cl.Cl. The predicted octanol–water partition coefficient (Wildman–Crippen LogP) is 2.05. The molecule has 31 heavy (non-hydrogen) atoms. The van der Waals surface area contributed by atoms with Gasteiger partial charge >= 0.3 is 0 Å². The number of nitrogens with one attached hydrogen (secondary N) is 2. The number of amides is 1. The Labute approximate surface area is 195 Å². The maximum Gasteiger partial charge on any atom is 0.236 e. The van der Waals surface area contributed by atoms with Gasteiger partial charge in [-0.1, -0.05) is 29.5 Å². The van der Waals surface area contributed by atoms with Crippen LogP contribution in [0.3, 0.4) is 0 Å².